The third-order valence-corrected chi connectivity index (χ3v) is 5.63. The Morgan fingerprint density at radius 3 is 2.95 bits per heavy atom. The van der Waals surface area contributed by atoms with Crippen LogP contribution in [0, 0.1) is 6.54 Å². The van der Waals surface area contributed by atoms with Gasteiger partial charge in [0.1, 0.15) is 17.5 Å². The fraction of sp³-hybridized carbons (Fsp3) is 0.643. The maximum atomic E-state index is 10.7. The van der Waals surface area contributed by atoms with Gasteiger partial charge in [-0.2, -0.15) is 0 Å². The van der Waals surface area contributed by atoms with Crippen molar-refractivity contribution < 1.29 is 9.84 Å². The molecule has 1 aromatic heterocycles. The maximum Gasteiger partial charge on any atom is 0.137 e. The van der Waals surface area contributed by atoms with E-state index in [4.69, 9.17) is 4.74 Å². The van der Waals surface area contributed by atoms with E-state index in [9.17, 15) is 5.11 Å². The molecule has 1 radical (unpaired) electrons. The van der Waals surface area contributed by atoms with E-state index in [0.29, 0.717) is 0 Å². The Morgan fingerprint density at radius 2 is 2.26 bits per heavy atom. The van der Waals surface area contributed by atoms with E-state index in [1.807, 2.05) is 19.9 Å². The second-order valence-electron chi connectivity index (χ2n) is 5.79. The number of ether oxygens (including phenoxy) is 1. The number of fused-ring (bicyclic) bond motifs is 1. The third-order valence-electron chi connectivity index (χ3n) is 3.94. The van der Waals surface area contributed by atoms with E-state index in [1.165, 1.54) is 12.8 Å². The van der Waals surface area contributed by atoms with E-state index in [0.717, 1.165) is 27.4 Å². The minimum absolute atomic E-state index is 0.0235. The quantitative estimate of drug-likeness (QED) is 0.842. The number of aliphatic hydroxyl groups excluding tert-OH is 1. The molecule has 3 heterocycles. The summed E-state index contributed by atoms with van der Waals surface area (Å²) in [7, 11) is 0. The highest BCUT2D eigenvalue weighted by Crippen LogP contribution is 2.49. The predicted molar refractivity (Wildman–Crippen MR) is 80.3 cm³/mol. The highest BCUT2D eigenvalue weighted by atomic mass is 79.9. The van der Waals surface area contributed by atoms with Gasteiger partial charge in [0.25, 0.3) is 0 Å². The number of nitrogens with zero attached hydrogens (tertiary/aromatic N) is 1. The molecule has 1 aromatic rings. The van der Waals surface area contributed by atoms with Crippen molar-refractivity contribution in [2.75, 3.05) is 6.54 Å². The summed E-state index contributed by atoms with van der Waals surface area (Å²) in [6.07, 6.45) is 3.04. The van der Waals surface area contributed by atoms with Crippen molar-refractivity contribution in [3.63, 3.8) is 0 Å². The average Bonchev–Trinajstić information content (AvgIpc) is 2.70. The summed E-state index contributed by atoms with van der Waals surface area (Å²) in [4.78, 5) is 3.44. The number of aliphatic hydroxyl groups is 1. The van der Waals surface area contributed by atoms with Gasteiger partial charge in [-0.15, -0.1) is 11.3 Å². The Hall–Kier alpha value is -0.100. The van der Waals surface area contributed by atoms with Crippen LogP contribution in [0.15, 0.2) is 9.85 Å². The zero-order chi connectivity index (χ0) is 13.6. The zero-order valence-corrected chi connectivity index (χ0v) is 13.6. The van der Waals surface area contributed by atoms with Crippen molar-refractivity contribution in [1.82, 2.24) is 4.90 Å². The lowest BCUT2D eigenvalue weighted by Crippen LogP contribution is -2.53. The molecule has 0 saturated carbocycles. The van der Waals surface area contributed by atoms with Crippen molar-refractivity contribution in [3.05, 3.63) is 21.3 Å². The summed E-state index contributed by atoms with van der Waals surface area (Å²) in [5.41, 5.74) is -0.552. The molecule has 2 atom stereocenters. The normalized spacial score (nSPS) is 30.7. The first kappa shape index (κ1) is 13.9. The molecule has 0 bridgehead atoms. The Labute approximate surface area is 126 Å². The second kappa shape index (κ2) is 5.02. The largest absolute Gasteiger partial charge is 0.484 e. The number of halogens is 1. The third kappa shape index (κ3) is 2.46. The first-order valence-corrected chi connectivity index (χ1v) is 8.35. The molecular formula is C14H19BrNO2S. The summed E-state index contributed by atoms with van der Waals surface area (Å²) < 4.78 is 7.02. The van der Waals surface area contributed by atoms with E-state index < -0.39 is 11.7 Å². The molecule has 0 aliphatic carbocycles. The lowest BCUT2D eigenvalue weighted by Gasteiger charge is -2.45. The molecule has 2 aliphatic rings. The summed E-state index contributed by atoms with van der Waals surface area (Å²) >= 11 is 5.20. The van der Waals surface area contributed by atoms with Crippen LogP contribution in [-0.2, 0) is 0 Å². The minimum atomic E-state index is -0.552. The number of likely N-dealkylation sites (tertiary alicyclic amines) is 1. The van der Waals surface area contributed by atoms with Crippen LogP contribution in [0.5, 0.6) is 5.75 Å². The fourth-order valence-corrected chi connectivity index (χ4v) is 4.58. The Morgan fingerprint density at radius 1 is 1.47 bits per heavy atom. The first-order valence-electron chi connectivity index (χ1n) is 6.74. The number of rotatable bonds is 1. The van der Waals surface area contributed by atoms with E-state index in [2.05, 4.69) is 27.4 Å². The Balaban J connectivity index is 1.99. The van der Waals surface area contributed by atoms with Crippen molar-refractivity contribution >= 4 is 27.3 Å². The van der Waals surface area contributed by atoms with Crippen LogP contribution in [-0.4, -0.2) is 28.3 Å². The molecule has 0 aromatic carbocycles. The molecule has 5 heteroatoms. The van der Waals surface area contributed by atoms with Crippen molar-refractivity contribution in [3.8, 4) is 5.75 Å². The van der Waals surface area contributed by atoms with Crippen LogP contribution in [0.2, 0.25) is 0 Å². The van der Waals surface area contributed by atoms with Crippen molar-refractivity contribution in [1.29, 1.82) is 0 Å². The highest BCUT2D eigenvalue weighted by Gasteiger charge is 2.46. The van der Waals surface area contributed by atoms with Gasteiger partial charge in [0.15, 0.2) is 0 Å². The van der Waals surface area contributed by atoms with Gasteiger partial charge in [0, 0.05) is 12.6 Å². The van der Waals surface area contributed by atoms with Gasteiger partial charge in [-0.3, -0.25) is 4.90 Å². The SMILES string of the molecule is CC1(C)Oc2cc(Br)sc2[C@H](N2[CH]CCCC2)[C@H]1O. The van der Waals surface area contributed by atoms with Crippen LogP contribution in [0.1, 0.15) is 44.0 Å². The van der Waals surface area contributed by atoms with Gasteiger partial charge in [0.05, 0.1) is 14.7 Å². The highest BCUT2D eigenvalue weighted by molar-refractivity contribution is 9.11. The van der Waals surface area contributed by atoms with Crippen LogP contribution in [0.25, 0.3) is 0 Å². The monoisotopic (exact) mass is 344 g/mol. The Kier molecular flexibility index (Phi) is 3.67. The fourth-order valence-electron chi connectivity index (χ4n) is 2.88. The smallest absolute Gasteiger partial charge is 0.137 e. The van der Waals surface area contributed by atoms with Crippen LogP contribution < -0.4 is 4.74 Å². The van der Waals surface area contributed by atoms with Gasteiger partial charge in [0.2, 0.25) is 0 Å². The number of thiophene rings is 1. The molecule has 0 unspecified atom stereocenters. The van der Waals surface area contributed by atoms with Crippen LogP contribution in [0.4, 0.5) is 0 Å². The van der Waals surface area contributed by atoms with Crippen LogP contribution in [0.3, 0.4) is 0 Å². The first-order chi connectivity index (χ1) is 8.99. The molecule has 19 heavy (non-hydrogen) atoms. The summed E-state index contributed by atoms with van der Waals surface area (Å²) in [5, 5.41) is 10.7. The molecule has 0 spiro atoms. The topological polar surface area (TPSA) is 32.7 Å². The number of hydrogen-bond donors (Lipinski definition) is 1. The second-order valence-corrected chi connectivity index (χ2v) is 8.25. The van der Waals surface area contributed by atoms with E-state index in [1.54, 1.807) is 11.3 Å². The maximum absolute atomic E-state index is 10.7. The Bertz CT molecular complexity index is 468. The molecule has 105 valence electrons. The van der Waals surface area contributed by atoms with Gasteiger partial charge in [-0.25, -0.2) is 0 Å². The molecule has 0 amide bonds. The van der Waals surface area contributed by atoms with Gasteiger partial charge in [-0.05, 0) is 49.2 Å². The molecule has 1 fully saturated rings. The summed E-state index contributed by atoms with van der Waals surface area (Å²) in [5.74, 6) is 0.913. The van der Waals surface area contributed by atoms with Gasteiger partial charge < -0.3 is 9.84 Å². The molecule has 1 N–H and O–H groups in total. The average molecular weight is 345 g/mol. The standard InChI is InChI=1S/C14H19BrNO2S/c1-14(2)13(17)11(16-6-4-3-5-7-16)12-9(18-14)8-10(15)19-12/h6,8,11,13,17H,3-5,7H2,1-2H3/t11-,13+/m0/s1. The molecule has 3 nitrogen and oxygen atoms in total. The lowest BCUT2D eigenvalue weighted by atomic mass is 9.89. The van der Waals surface area contributed by atoms with Gasteiger partial charge >= 0.3 is 0 Å². The lowest BCUT2D eigenvalue weighted by molar-refractivity contribution is -0.0887. The summed E-state index contributed by atoms with van der Waals surface area (Å²) in [6.45, 7) is 7.19. The van der Waals surface area contributed by atoms with Crippen molar-refractivity contribution in [2.24, 2.45) is 0 Å². The van der Waals surface area contributed by atoms with E-state index >= 15 is 0 Å². The minimum Gasteiger partial charge on any atom is -0.484 e. The van der Waals surface area contributed by atoms with Crippen LogP contribution >= 0.6 is 27.3 Å². The van der Waals surface area contributed by atoms with Gasteiger partial charge in [-0.1, -0.05) is 6.42 Å². The summed E-state index contributed by atoms with van der Waals surface area (Å²) in [6, 6.07) is 2.04. The zero-order valence-electron chi connectivity index (χ0n) is 11.2. The van der Waals surface area contributed by atoms with Crippen molar-refractivity contribution in [2.45, 2.75) is 50.9 Å². The van der Waals surface area contributed by atoms with E-state index in [-0.39, 0.29) is 6.04 Å². The predicted octanol–water partition coefficient (Wildman–Crippen LogP) is 3.73. The number of piperidine rings is 1. The molecule has 2 aliphatic heterocycles. The molecular weight excluding hydrogens is 326 g/mol. The molecule has 3 rings (SSSR count). The molecule has 1 saturated heterocycles. The number of hydrogen-bond acceptors (Lipinski definition) is 4.